The minimum atomic E-state index is 0.353. The Labute approximate surface area is 164 Å². The molecule has 0 aliphatic heterocycles. The molecule has 1 aliphatic carbocycles. The van der Waals surface area contributed by atoms with Gasteiger partial charge in [0.05, 0.1) is 0 Å². The molecule has 0 heterocycles. The monoisotopic (exact) mass is 370 g/mol. The molecule has 0 amide bonds. The van der Waals surface area contributed by atoms with Crippen molar-refractivity contribution >= 4 is 11.6 Å². The molecule has 0 spiro atoms. The topological polar surface area (TPSA) is 0 Å². The molecule has 1 aliphatic rings. The maximum absolute atomic E-state index is 6.93. The van der Waals surface area contributed by atoms with Gasteiger partial charge in [-0.2, -0.15) is 0 Å². The van der Waals surface area contributed by atoms with E-state index in [4.69, 9.17) is 11.6 Å². The average Bonchev–Trinajstić information content (AvgIpc) is 2.51. The normalized spacial score (nSPS) is 39.0. The Morgan fingerprint density at radius 1 is 1.04 bits per heavy atom. The van der Waals surface area contributed by atoms with E-state index in [1.165, 1.54) is 64.2 Å². The molecule has 1 rings (SSSR count). The zero-order valence-corrected chi connectivity index (χ0v) is 19.2. The van der Waals surface area contributed by atoms with Crippen LogP contribution in [0.15, 0.2) is 0 Å². The summed E-state index contributed by atoms with van der Waals surface area (Å²) in [6.45, 7) is 17.2. The molecule has 0 nitrogen and oxygen atoms in total. The van der Waals surface area contributed by atoms with Gasteiger partial charge in [0.25, 0.3) is 0 Å². The molecular weight excluding hydrogens is 324 g/mol. The third-order valence-corrected chi connectivity index (χ3v) is 7.78. The Bertz CT molecular complexity index is 350. The molecule has 1 fully saturated rings. The first kappa shape index (κ1) is 23.3. The fourth-order valence-electron chi connectivity index (χ4n) is 5.39. The largest absolute Gasteiger partial charge is 0.123 e. The number of rotatable bonds is 5. The van der Waals surface area contributed by atoms with Crippen LogP contribution in [0.4, 0.5) is 0 Å². The first-order valence-electron chi connectivity index (χ1n) is 11.3. The molecule has 6 atom stereocenters. The van der Waals surface area contributed by atoms with Crippen molar-refractivity contribution in [1.29, 1.82) is 0 Å². The first-order valence-corrected chi connectivity index (χ1v) is 11.8. The van der Waals surface area contributed by atoms with Crippen molar-refractivity contribution in [3.63, 3.8) is 0 Å². The van der Waals surface area contributed by atoms with Gasteiger partial charge in [-0.3, -0.25) is 0 Å². The highest BCUT2D eigenvalue weighted by molar-refractivity contribution is 6.20. The second kappa shape index (κ2) is 11.2. The van der Waals surface area contributed by atoms with Gasteiger partial charge in [0.15, 0.2) is 0 Å². The second-order valence-electron chi connectivity index (χ2n) is 10.2. The van der Waals surface area contributed by atoms with Crippen LogP contribution in [0.5, 0.6) is 0 Å². The molecule has 1 heteroatoms. The maximum Gasteiger partial charge on any atom is 0.0343 e. The van der Waals surface area contributed by atoms with Crippen LogP contribution in [0, 0.1) is 35.0 Å². The summed E-state index contributed by atoms with van der Waals surface area (Å²) in [7, 11) is 0. The van der Waals surface area contributed by atoms with Crippen LogP contribution >= 0.6 is 11.6 Å². The standard InChI is InChI=1S/C24H47Cl/c1-8-9-10-14-24(7)17-22(25)15-19(4)16-23(18(2)3)20(5)12-11-13-21(24)6/h18-23H,8-17H2,1-7H3. The van der Waals surface area contributed by atoms with Crippen LogP contribution in [0.1, 0.15) is 113 Å². The zero-order valence-electron chi connectivity index (χ0n) is 18.4. The summed E-state index contributed by atoms with van der Waals surface area (Å²) < 4.78 is 0. The van der Waals surface area contributed by atoms with E-state index in [0.717, 1.165) is 29.6 Å². The van der Waals surface area contributed by atoms with E-state index in [1.54, 1.807) is 0 Å². The van der Waals surface area contributed by atoms with E-state index >= 15 is 0 Å². The molecule has 1 saturated carbocycles. The fourth-order valence-corrected chi connectivity index (χ4v) is 6.04. The lowest BCUT2D eigenvalue weighted by Crippen LogP contribution is -2.31. The molecule has 0 bridgehead atoms. The van der Waals surface area contributed by atoms with Crippen molar-refractivity contribution in [3.8, 4) is 0 Å². The van der Waals surface area contributed by atoms with E-state index < -0.39 is 0 Å². The predicted octanol–water partition coefficient (Wildman–Crippen LogP) is 8.72. The van der Waals surface area contributed by atoms with Gasteiger partial charge in [-0.25, -0.2) is 0 Å². The Hall–Kier alpha value is 0.290. The summed E-state index contributed by atoms with van der Waals surface area (Å²) in [6.07, 6.45) is 13.4. The quantitative estimate of drug-likeness (QED) is 0.335. The molecular formula is C24H47Cl. The van der Waals surface area contributed by atoms with E-state index in [-0.39, 0.29) is 0 Å². The Kier molecular flexibility index (Phi) is 10.5. The lowest BCUT2D eigenvalue weighted by molar-refractivity contribution is 0.128. The third-order valence-electron chi connectivity index (χ3n) is 7.45. The summed E-state index contributed by atoms with van der Waals surface area (Å²) in [5.74, 6) is 4.07. The summed E-state index contributed by atoms with van der Waals surface area (Å²) in [6, 6.07) is 0. The number of halogens is 1. The van der Waals surface area contributed by atoms with E-state index in [1.807, 2.05) is 0 Å². The SMILES string of the molecule is CCCCCC1(C)CC(Cl)CC(C)CC(C(C)C)C(C)CCCC1C. The minimum Gasteiger partial charge on any atom is -0.123 e. The number of hydrogen-bond acceptors (Lipinski definition) is 0. The molecule has 150 valence electrons. The summed E-state index contributed by atoms with van der Waals surface area (Å²) >= 11 is 6.93. The van der Waals surface area contributed by atoms with Gasteiger partial charge in [0.1, 0.15) is 0 Å². The average molecular weight is 371 g/mol. The highest BCUT2D eigenvalue weighted by atomic mass is 35.5. The van der Waals surface area contributed by atoms with Crippen molar-refractivity contribution < 1.29 is 0 Å². The van der Waals surface area contributed by atoms with Gasteiger partial charge in [-0.1, -0.05) is 87.0 Å². The Balaban J connectivity index is 2.85. The van der Waals surface area contributed by atoms with Gasteiger partial charge in [0.2, 0.25) is 0 Å². The number of alkyl halides is 1. The summed E-state index contributed by atoms with van der Waals surface area (Å²) in [4.78, 5) is 0. The van der Waals surface area contributed by atoms with Gasteiger partial charge >= 0.3 is 0 Å². The molecule has 0 aromatic rings. The number of unbranched alkanes of at least 4 members (excludes halogenated alkanes) is 2. The van der Waals surface area contributed by atoms with Crippen molar-refractivity contribution in [2.24, 2.45) is 35.0 Å². The van der Waals surface area contributed by atoms with Crippen LogP contribution in [0.25, 0.3) is 0 Å². The van der Waals surface area contributed by atoms with Crippen LogP contribution in [-0.4, -0.2) is 5.38 Å². The van der Waals surface area contributed by atoms with Gasteiger partial charge in [0, 0.05) is 5.38 Å². The van der Waals surface area contributed by atoms with E-state index in [2.05, 4.69) is 48.5 Å². The lowest BCUT2D eigenvalue weighted by atomic mass is 9.67. The van der Waals surface area contributed by atoms with Crippen molar-refractivity contribution in [3.05, 3.63) is 0 Å². The molecule has 0 N–H and O–H groups in total. The van der Waals surface area contributed by atoms with Crippen molar-refractivity contribution in [2.75, 3.05) is 0 Å². The summed E-state index contributed by atoms with van der Waals surface area (Å²) in [5, 5.41) is 0.353. The highest BCUT2D eigenvalue weighted by Crippen LogP contribution is 2.44. The van der Waals surface area contributed by atoms with Crippen LogP contribution in [-0.2, 0) is 0 Å². The van der Waals surface area contributed by atoms with Gasteiger partial charge in [-0.15, -0.1) is 11.6 Å². The van der Waals surface area contributed by atoms with Gasteiger partial charge < -0.3 is 0 Å². The van der Waals surface area contributed by atoms with Crippen LogP contribution in [0.2, 0.25) is 0 Å². The van der Waals surface area contributed by atoms with Crippen LogP contribution < -0.4 is 0 Å². The minimum absolute atomic E-state index is 0.353. The molecule has 0 radical (unpaired) electrons. The Morgan fingerprint density at radius 2 is 1.72 bits per heavy atom. The van der Waals surface area contributed by atoms with Gasteiger partial charge in [-0.05, 0) is 60.7 Å². The number of hydrogen-bond donors (Lipinski definition) is 0. The lowest BCUT2D eigenvalue weighted by Gasteiger charge is -2.40. The second-order valence-corrected chi connectivity index (χ2v) is 10.8. The molecule has 25 heavy (non-hydrogen) atoms. The van der Waals surface area contributed by atoms with E-state index in [0.29, 0.717) is 10.8 Å². The maximum atomic E-state index is 6.93. The highest BCUT2D eigenvalue weighted by Gasteiger charge is 2.34. The summed E-state index contributed by atoms with van der Waals surface area (Å²) in [5.41, 5.74) is 0.432. The van der Waals surface area contributed by atoms with Crippen molar-refractivity contribution in [1.82, 2.24) is 0 Å². The first-order chi connectivity index (χ1) is 11.7. The molecule has 6 unspecified atom stereocenters. The fraction of sp³-hybridized carbons (Fsp3) is 1.00. The zero-order chi connectivity index (χ0) is 19.0. The van der Waals surface area contributed by atoms with Crippen LogP contribution in [0.3, 0.4) is 0 Å². The molecule has 0 aromatic carbocycles. The van der Waals surface area contributed by atoms with E-state index in [9.17, 15) is 0 Å². The predicted molar refractivity (Wildman–Crippen MR) is 115 cm³/mol. The van der Waals surface area contributed by atoms with Crippen molar-refractivity contribution in [2.45, 2.75) is 118 Å². The Morgan fingerprint density at radius 3 is 2.32 bits per heavy atom. The molecule has 0 saturated heterocycles. The molecule has 0 aromatic heterocycles. The smallest absolute Gasteiger partial charge is 0.0343 e. The third kappa shape index (κ3) is 7.82.